The molecule has 0 unspecified atom stereocenters. The fourth-order valence-electron chi connectivity index (χ4n) is 2.48. The molecule has 4 nitrogen and oxygen atoms in total. The molecular formula is C20H12ClF2N3O. The van der Waals surface area contributed by atoms with Crippen LogP contribution in [-0.2, 0) is 0 Å². The first-order valence-corrected chi connectivity index (χ1v) is 8.21. The van der Waals surface area contributed by atoms with Gasteiger partial charge in [-0.15, -0.1) is 0 Å². The van der Waals surface area contributed by atoms with E-state index < -0.39 is 17.4 Å². The van der Waals surface area contributed by atoms with Crippen LogP contribution < -0.4 is 0 Å². The summed E-state index contributed by atoms with van der Waals surface area (Å²) in [4.78, 5) is 12.5. The van der Waals surface area contributed by atoms with E-state index in [0.717, 1.165) is 12.1 Å². The molecule has 0 atom stereocenters. The highest BCUT2D eigenvalue weighted by Crippen LogP contribution is 2.26. The third kappa shape index (κ3) is 3.78. The van der Waals surface area contributed by atoms with Gasteiger partial charge in [-0.25, -0.2) is 13.5 Å². The van der Waals surface area contributed by atoms with Crippen LogP contribution >= 0.6 is 11.6 Å². The largest absolute Gasteiger partial charge is 0.288 e. The molecule has 0 saturated carbocycles. The van der Waals surface area contributed by atoms with Crippen molar-refractivity contribution in [2.45, 2.75) is 6.92 Å². The topological polar surface area (TPSA) is 58.7 Å². The van der Waals surface area contributed by atoms with E-state index in [1.54, 1.807) is 6.92 Å². The molecule has 0 saturated heterocycles. The molecule has 3 rings (SSSR count). The van der Waals surface area contributed by atoms with E-state index in [1.807, 2.05) is 6.07 Å². The number of benzene rings is 2. The Morgan fingerprint density at radius 2 is 1.67 bits per heavy atom. The van der Waals surface area contributed by atoms with Crippen LogP contribution in [0.3, 0.4) is 0 Å². The molecule has 3 aromatic rings. The Labute approximate surface area is 158 Å². The van der Waals surface area contributed by atoms with E-state index in [4.69, 9.17) is 11.6 Å². The number of nitriles is 1. The smallest absolute Gasteiger partial charge is 0.203 e. The maximum Gasteiger partial charge on any atom is 0.203 e. The van der Waals surface area contributed by atoms with Gasteiger partial charge < -0.3 is 0 Å². The molecule has 0 radical (unpaired) electrons. The van der Waals surface area contributed by atoms with E-state index in [1.165, 1.54) is 47.2 Å². The van der Waals surface area contributed by atoms with Gasteiger partial charge >= 0.3 is 0 Å². The lowest BCUT2D eigenvalue weighted by Gasteiger charge is -2.03. The molecular weight excluding hydrogens is 372 g/mol. The minimum Gasteiger partial charge on any atom is -0.288 e. The Morgan fingerprint density at radius 1 is 1.11 bits per heavy atom. The SMILES string of the molecule is Cc1nn(-c2ccc(F)cc2)c(Cl)c1/C=C(\C#N)C(=O)c1ccc(F)cc1. The van der Waals surface area contributed by atoms with Crippen molar-refractivity contribution in [1.29, 1.82) is 5.26 Å². The van der Waals surface area contributed by atoms with Gasteiger partial charge in [0.05, 0.1) is 11.4 Å². The fraction of sp³-hybridized carbons (Fsp3) is 0.0500. The van der Waals surface area contributed by atoms with E-state index in [2.05, 4.69) is 5.10 Å². The van der Waals surface area contributed by atoms with Crippen molar-refractivity contribution in [2.75, 3.05) is 0 Å². The minimum absolute atomic E-state index is 0.162. The molecule has 0 aliphatic carbocycles. The molecule has 2 aromatic carbocycles. The highest BCUT2D eigenvalue weighted by Gasteiger charge is 2.18. The lowest BCUT2D eigenvalue weighted by atomic mass is 10.0. The Bertz CT molecular complexity index is 1080. The third-order valence-electron chi connectivity index (χ3n) is 3.88. The summed E-state index contributed by atoms with van der Waals surface area (Å²) in [6, 6.07) is 12.3. The summed E-state index contributed by atoms with van der Waals surface area (Å²) in [6.07, 6.45) is 1.34. The van der Waals surface area contributed by atoms with Crippen LogP contribution in [-0.4, -0.2) is 15.6 Å². The predicted octanol–water partition coefficient (Wildman–Crippen LogP) is 4.90. The maximum atomic E-state index is 13.1. The van der Waals surface area contributed by atoms with Gasteiger partial charge in [0, 0.05) is 11.1 Å². The van der Waals surface area contributed by atoms with Crippen molar-refractivity contribution in [3.8, 4) is 11.8 Å². The Morgan fingerprint density at radius 3 is 2.22 bits per heavy atom. The summed E-state index contributed by atoms with van der Waals surface area (Å²) in [5.74, 6) is -1.42. The van der Waals surface area contributed by atoms with E-state index in [9.17, 15) is 18.8 Å². The van der Waals surface area contributed by atoms with Crippen molar-refractivity contribution in [3.63, 3.8) is 0 Å². The third-order valence-corrected chi connectivity index (χ3v) is 4.24. The summed E-state index contributed by atoms with van der Waals surface area (Å²) in [6.45, 7) is 1.68. The van der Waals surface area contributed by atoms with Crippen LogP contribution in [0.15, 0.2) is 54.1 Å². The van der Waals surface area contributed by atoms with Crippen LogP contribution in [0.2, 0.25) is 5.15 Å². The number of nitrogens with zero attached hydrogens (tertiary/aromatic N) is 3. The number of carbonyl (C=O) groups is 1. The minimum atomic E-state index is -0.553. The van der Waals surface area contributed by atoms with Gasteiger partial charge in [0.2, 0.25) is 5.78 Å². The molecule has 0 amide bonds. The summed E-state index contributed by atoms with van der Waals surface area (Å²) in [5.41, 5.74) is 1.44. The first-order chi connectivity index (χ1) is 12.9. The van der Waals surface area contributed by atoms with Gasteiger partial charge in [-0.1, -0.05) is 11.6 Å². The van der Waals surface area contributed by atoms with E-state index >= 15 is 0 Å². The first-order valence-electron chi connectivity index (χ1n) is 7.84. The zero-order valence-electron chi connectivity index (χ0n) is 14.1. The molecule has 0 aliphatic rings. The average molecular weight is 384 g/mol. The van der Waals surface area contributed by atoms with Gasteiger partial charge in [-0.3, -0.25) is 4.79 Å². The molecule has 0 bridgehead atoms. The summed E-state index contributed by atoms with van der Waals surface area (Å²) < 4.78 is 27.5. The molecule has 0 aliphatic heterocycles. The Kier molecular flexibility index (Phi) is 5.15. The second-order valence-corrected chi connectivity index (χ2v) is 6.04. The maximum absolute atomic E-state index is 13.1. The average Bonchev–Trinajstić information content (AvgIpc) is 2.94. The normalized spacial score (nSPS) is 11.3. The van der Waals surface area contributed by atoms with Crippen LogP contribution in [0.4, 0.5) is 8.78 Å². The standard InChI is InChI=1S/C20H12ClF2N3O/c1-12-18(20(21)26(25-12)17-8-6-16(23)7-9-17)10-14(11-24)19(27)13-2-4-15(22)5-3-13/h2-10H,1H3/b14-10+. The Hall–Kier alpha value is -3.30. The number of carbonyl (C=O) groups excluding carboxylic acids is 1. The van der Waals surface area contributed by atoms with Crippen LogP contribution in [0.5, 0.6) is 0 Å². The van der Waals surface area contributed by atoms with E-state index in [0.29, 0.717) is 16.9 Å². The molecule has 27 heavy (non-hydrogen) atoms. The lowest BCUT2D eigenvalue weighted by Crippen LogP contribution is -2.02. The molecule has 134 valence electrons. The quantitative estimate of drug-likeness (QED) is 0.365. The molecule has 0 N–H and O–H groups in total. The van der Waals surface area contributed by atoms with E-state index in [-0.39, 0.29) is 16.3 Å². The van der Waals surface area contributed by atoms with Gasteiger partial charge in [0.15, 0.2) is 0 Å². The second-order valence-electron chi connectivity index (χ2n) is 5.68. The van der Waals surface area contributed by atoms with Crippen molar-refractivity contribution in [1.82, 2.24) is 9.78 Å². The van der Waals surface area contributed by atoms with Gasteiger partial charge in [-0.2, -0.15) is 10.4 Å². The van der Waals surface area contributed by atoms with Crippen LogP contribution in [0.25, 0.3) is 11.8 Å². The Balaban J connectivity index is 2.02. The molecule has 0 spiro atoms. The first kappa shape index (κ1) is 18.5. The molecule has 0 fully saturated rings. The number of Topliss-reactive ketones (excluding diaryl/α,β-unsaturated/α-hetero) is 1. The fourth-order valence-corrected chi connectivity index (χ4v) is 2.80. The van der Waals surface area contributed by atoms with Crippen LogP contribution in [0.1, 0.15) is 21.6 Å². The summed E-state index contributed by atoms with van der Waals surface area (Å²) in [7, 11) is 0. The zero-order chi connectivity index (χ0) is 19.6. The lowest BCUT2D eigenvalue weighted by molar-refractivity contribution is 0.104. The van der Waals surface area contributed by atoms with Crippen molar-refractivity contribution < 1.29 is 13.6 Å². The molecule has 1 heterocycles. The highest BCUT2D eigenvalue weighted by atomic mass is 35.5. The molecule has 7 heteroatoms. The number of rotatable bonds is 4. The summed E-state index contributed by atoms with van der Waals surface area (Å²) in [5, 5.41) is 13.9. The van der Waals surface area contributed by atoms with Crippen molar-refractivity contribution in [2.24, 2.45) is 0 Å². The number of ketones is 1. The van der Waals surface area contributed by atoms with Gasteiger partial charge in [-0.05, 0) is 61.5 Å². The second kappa shape index (κ2) is 7.52. The number of allylic oxidation sites excluding steroid dienone is 1. The number of aryl methyl sites for hydroxylation is 1. The highest BCUT2D eigenvalue weighted by molar-refractivity contribution is 6.31. The van der Waals surface area contributed by atoms with Gasteiger partial charge in [0.25, 0.3) is 0 Å². The number of hydrogen-bond acceptors (Lipinski definition) is 3. The molecule has 1 aromatic heterocycles. The van der Waals surface area contributed by atoms with Crippen molar-refractivity contribution in [3.05, 3.63) is 87.7 Å². The van der Waals surface area contributed by atoms with Crippen LogP contribution in [0, 0.1) is 29.9 Å². The predicted molar refractivity (Wildman–Crippen MR) is 97.6 cm³/mol. The van der Waals surface area contributed by atoms with Crippen molar-refractivity contribution >= 4 is 23.5 Å². The number of halogens is 3. The van der Waals surface area contributed by atoms with Gasteiger partial charge in [0.1, 0.15) is 28.4 Å². The summed E-state index contributed by atoms with van der Waals surface area (Å²) >= 11 is 6.37. The monoisotopic (exact) mass is 383 g/mol. The number of aromatic nitrogens is 2. The number of hydrogen-bond donors (Lipinski definition) is 0. The zero-order valence-corrected chi connectivity index (χ0v) is 14.8.